The molecule has 158 valence electrons. The molecule has 0 aromatic heterocycles. The molecule has 0 bridgehead atoms. The number of fused-ring (bicyclic) bond motifs is 1. The predicted molar refractivity (Wildman–Crippen MR) is 91.7 cm³/mol. The molecule has 0 saturated carbocycles. The van der Waals surface area contributed by atoms with Crippen LogP contribution in [0.1, 0.15) is 57.2 Å². The molecule has 2 rings (SSSR count). The summed E-state index contributed by atoms with van der Waals surface area (Å²) in [4.78, 5) is 12.0. The lowest BCUT2D eigenvalue weighted by molar-refractivity contribution is -0.0501. The smallest absolute Gasteiger partial charge is 0.444 e. The van der Waals surface area contributed by atoms with Crippen LogP contribution in [0, 0.1) is 5.82 Å². The van der Waals surface area contributed by atoms with E-state index < -0.39 is 44.9 Å². The summed E-state index contributed by atoms with van der Waals surface area (Å²) in [6.07, 6.45) is 1.40. The summed E-state index contributed by atoms with van der Waals surface area (Å²) in [5, 5.41) is 2.62. The quantitative estimate of drug-likeness (QED) is 0.336. The van der Waals surface area contributed by atoms with Gasteiger partial charge in [0.05, 0.1) is 6.04 Å². The first-order chi connectivity index (χ1) is 12.7. The first-order valence-electron chi connectivity index (χ1n) is 8.52. The van der Waals surface area contributed by atoms with Gasteiger partial charge in [-0.1, -0.05) is 6.42 Å². The number of amides is 1. The third-order valence-electron chi connectivity index (χ3n) is 3.93. The molecule has 28 heavy (non-hydrogen) atoms. The summed E-state index contributed by atoms with van der Waals surface area (Å²) in [6, 6.07) is 1.20. The number of nitrogens with one attached hydrogen (secondary N) is 1. The van der Waals surface area contributed by atoms with Gasteiger partial charge in [-0.3, -0.25) is 0 Å². The monoisotopic (exact) mass is 427 g/mol. The minimum atomic E-state index is -5.99. The van der Waals surface area contributed by atoms with Gasteiger partial charge in [-0.15, -0.1) is 0 Å². The summed E-state index contributed by atoms with van der Waals surface area (Å²) in [7, 11) is -5.99. The van der Waals surface area contributed by atoms with Crippen LogP contribution in [0.5, 0.6) is 5.75 Å². The van der Waals surface area contributed by atoms with E-state index >= 15 is 0 Å². The van der Waals surface area contributed by atoms with E-state index in [2.05, 4.69) is 9.50 Å². The second kappa shape index (κ2) is 7.76. The van der Waals surface area contributed by atoms with Gasteiger partial charge in [0.1, 0.15) is 5.60 Å². The summed E-state index contributed by atoms with van der Waals surface area (Å²) in [5.74, 6) is -2.31. The Hall–Kier alpha value is -2.04. The highest BCUT2D eigenvalue weighted by Crippen LogP contribution is 2.35. The predicted octanol–water partition coefficient (Wildman–Crippen LogP) is 4.35. The zero-order valence-corrected chi connectivity index (χ0v) is 16.3. The van der Waals surface area contributed by atoms with Crippen LogP contribution in [0.25, 0.3) is 0 Å². The molecular weight excluding hydrogens is 406 g/mol. The second-order valence-corrected chi connectivity index (χ2v) is 8.95. The van der Waals surface area contributed by atoms with Gasteiger partial charge >= 0.3 is 21.7 Å². The molecule has 1 atom stereocenters. The first kappa shape index (κ1) is 22.3. The Morgan fingerprint density at radius 3 is 2.39 bits per heavy atom. The number of alkyl halides is 3. The van der Waals surface area contributed by atoms with E-state index in [9.17, 15) is 30.8 Å². The normalized spacial score (nSPS) is 18.0. The third-order valence-corrected chi connectivity index (χ3v) is 4.90. The third kappa shape index (κ3) is 5.49. The number of carbonyl (C=O) groups is 1. The molecule has 1 aromatic rings. The van der Waals surface area contributed by atoms with Crippen LogP contribution >= 0.6 is 0 Å². The fourth-order valence-electron chi connectivity index (χ4n) is 2.80. The van der Waals surface area contributed by atoms with Gasteiger partial charge in [0, 0.05) is 0 Å². The summed E-state index contributed by atoms with van der Waals surface area (Å²) < 4.78 is 83.3. The maximum atomic E-state index is 14.3. The van der Waals surface area contributed by atoms with Crippen molar-refractivity contribution in [2.45, 2.75) is 63.6 Å². The van der Waals surface area contributed by atoms with Gasteiger partial charge in [-0.2, -0.15) is 21.6 Å². The molecule has 11 heteroatoms. The van der Waals surface area contributed by atoms with E-state index in [1.165, 1.54) is 0 Å². The lowest BCUT2D eigenvalue weighted by Crippen LogP contribution is -2.35. The van der Waals surface area contributed by atoms with Crippen molar-refractivity contribution in [3.63, 3.8) is 0 Å². The maximum Gasteiger partial charge on any atom is 0.534 e. The fourth-order valence-corrected chi connectivity index (χ4v) is 3.26. The van der Waals surface area contributed by atoms with Crippen molar-refractivity contribution in [2.75, 3.05) is 0 Å². The zero-order valence-electron chi connectivity index (χ0n) is 15.5. The van der Waals surface area contributed by atoms with Crippen molar-refractivity contribution in [2.24, 2.45) is 0 Å². The van der Waals surface area contributed by atoms with E-state index in [4.69, 9.17) is 4.74 Å². The van der Waals surface area contributed by atoms with Crippen molar-refractivity contribution in [1.29, 1.82) is 0 Å². The van der Waals surface area contributed by atoms with Crippen molar-refractivity contribution in [1.82, 2.24) is 5.32 Å². The molecule has 1 aliphatic carbocycles. The minimum Gasteiger partial charge on any atom is -0.444 e. The van der Waals surface area contributed by atoms with Gasteiger partial charge < -0.3 is 14.2 Å². The van der Waals surface area contributed by atoms with E-state index in [1.54, 1.807) is 20.8 Å². The Kier molecular flexibility index (Phi) is 6.17. The Morgan fingerprint density at radius 1 is 1.18 bits per heavy atom. The molecular formula is C17H21F4NO5S. The van der Waals surface area contributed by atoms with E-state index in [-0.39, 0.29) is 0 Å². The molecule has 0 unspecified atom stereocenters. The maximum absolute atomic E-state index is 14.3. The number of halogens is 4. The molecule has 1 aliphatic rings. The van der Waals surface area contributed by atoms with Crippen molar-refractivity contribution in [3.8, 4) is 5.75 Å². The minimum absolute atomic E-state index is 0.345. The van der Waals surface area contributed by atoms with Crippen molar-refractivity contribution in [3.05, 3.63) is 29.1 Å². The Bertz CT molecular complexity index is 846. The van der Waals surface area contributed by atoms with Gasteiger partial charge in [0.25, 0.3) is 0 Å². The van der Waals surface area contributed by atoms with E-state index in [0.717, 1.165) is 12.1 Å². The highest BCUT2D eigenvalue weighted by molar-refractivity contribution is 7.88. The molecule has 6 nitrogen and oxygen atoms in total. The number of ether oxygens (including phenoxy) is 1. The Labute approximate surface area is 160 Å². The molecule has 0 aliphatic heterocycles. The van der Waals surface area contributed by atoms with Crippen LogP contribution in [0.15, 0.2) is 12.1 Å². The molecule has 1 N–H and O–H groups in total. The highest BCUT2D eigenvalue weighted by Gasteiger charge is 2.49. The number of hydrogen-bond acceptors (Lipinski definition) is 5. The lowest BCUT2D eigenvalue weighted by Gasteiger charge is -2.24. The first-order valence-corrected chi connectivity index (χ1v) is 9.93. The van der Waals surface area contributed by atoms with Gasteiger partial charge in [-0.05, 0) is 63.3 Å². The molecule has 0 saturated heterocycles. The van der Waals surface area contributed by atoms with E-state index in [1.807, 2.05) is 0 Å². The zero-order chi connectivity index (χ0) is 21.3. The largest absolute Gasteiger partial charge is 0.534 e. The van der Waals surface area contributed by atoms with Crippen LogP contribution in [0.3, 0.4) is 0 Å². The molecule has 0 radical (unpaired) electrons. The average Bonchev–Trinajstić information content (AvgIpc) is 2.67. The number of alkyl carbamates (subject to hydrolysis) is 1. The van der Waals surface area contributed by atoms with Crippen LogP contribution in [0.2, 0.25) is 0 Å². The van der Waals surface area contributed by atoms with Gasteiger partial charge in [0.2, 0.25) is 0 Å². The van der Waals surface area contributed by atoms with Gasteiger partial charge in [0.15, 0.2) is 11.6 Å². The lowest BCUT2D eigenvalue weighted by atomic mass is 9.98. The average molecular weight is 427 g/mol. The number of carbonyl (C=O) groups excluding carboxylic acids is 1. The second-order valence-electron chi connectivity index (χ2n) is 7.41. The number of rotatable bonds is 3. The molecule has 0 heterocycles. The van der Waals surface area contributed by atoms with E-state index in [0.29, 0.717) is 36.8 Å². The SMILES string of the molecule is CC(C)(C)OC(=O)N[C@@H]1CCCCc2cc(OS(=O)(=O)C(F)(F)F)c(F)cc21. The van der Waals surface area contributed by atoms with Crippen LogP contribution in [0.4, 0.5) is 22.4 Å². The molecule has 1 aromatic carbocycles. The Balaban J connectivity index is 2.33. The Morgan fingerprint density at radius 2 is 1.82 bits per heavy atom. The summed E-state index contributed by atoms with van der Waals surface area (Å²) in [5.41, 5.74) is -5.68. The van der Waals surface area contributed by atoms with Crippen molar-refractivity contribution < 1.29 is 39.7 Å². The molecule has 0 fully saturated rings. The van der Waals surface area contributed by atoms with Crippen LogP contribution in [-0.2, 0) is 21.3 Å². The number of aryl methyl sites for hydroxylation is 1. The van der Waals surface area contributed by atoms with Crippen LogP contribution in [-0.4, -0.2) is 25.6 Å². The number of hydrogen-bond donors (Lipinski definition) is 1. The fraction of sp³-hybridized carbons (Fsp3) is 0.588. The standard InChI is InChI=1S/C17H21F4NO5S/c1-16(2,3)26-15(23)22-13-7-5-4-6-10-8-14(12(18)9-11(10)13)27-28(24,25)17(19,20)21/h8-9,13H,4-7H2,1-3H3,(H,22,23)/t13-/m1/s1. The topological polar surface area (TPSA) is 81.7 Å². The summed E-state index contributed by atoms with van der Waals surface area (Å²) in [6.45, 7) is 5.04. The van der Waals surface area contributed by atoms with Gasteiger partial charge in [-0.25, -0.2) is 9.18 Å². The molecule has 1 amide bonds. The van der Waals surface area contributed by atoms with Crippen LogP contribution < -0.4 is 9.50 Å². The number of benzene rings is 1. The summed E-state index contributed by atoms with van der Waals surface area (Å²) >= 11 is 0. The van der Waals surface area contributed by atoms with Crippen molar-refractivity contribution >= 4 is 16.2 Å². The highest BCUT2D eigenvalue weighted by atomic mass is 32.2. The molecule has 0 spiro atoms.